The lowest BCUT2D eigenvalue weighted by Gasteiger charge is -2.21. The van der Waals surface area contributed by atoms with E-state index in [1.807, 2.05) is 25.1 Å². The zero-order valence-electron chi connectivity index (χ0n) is 15.5. The number of hydrogen-bond donors (Lipinski definition) is 1. The largest absolute Gasteiger partial charge is 0.454 e. The fourth-order valence-corrected chi connectivity index (χ4v) is 2.85. The van der Waals surface area contributed by atoms with Crippen LogP contribution in [-0.4, -0.2) is 37.4 Å². The molecule has 0 radical (unpaired) electrons. The van der Waals surface area contributed by atoms with Crippen LogP contribution in [0.2, 0.25) is 0 Å². The summed E-state index contributed by atoms with van der Waals surface area (Å²) >= 11 is 0. The number of halogens is 2. The van der Waals surface area contributed by atoms with Crippen molar-refractivity contribution in [3.8, 4) is 17.2 Å². The Bertz CT molecular complexity index is 799. The quantitative estimate of drug-likeness (QED) is 0.743. The molecular weight excluding hydrogens is 370 g/mol. The van der Waals surface area contributed by atoms with Gasteiger partial charge in [0.05, 0.1) is 0 Å². The molecule has 0 aliphatic carbocycles. The molecule has 3 rings (SSSR count). The van der Waals surface area contributed by atoms with Crippen LogP contribution in [0.1, 0.15) is 18.1 Å². The number of rotatable bonds is 8. The Labute approximate surface area is 162 Å². The van der Waals surface area contributed by atoms with Crippen LogP contribution in [0.25, 0.3) is 0 Å². The third-order valence-corrected chi connectivity index (χ3v) is 4.32. The highest BCUT2D eigenvalue weighted by atomic mass is 19.3. The summed E-state index contributed by atoms with van der Waals surface area (Å²) in [5.74, 6) is 1.51. The fourth-order valence-electron chi connectivity index (χ4n) is 2.85. The summed E-state index contributed by atoms with van der Waals surface area (Å²) < 4.78 is 39.3. The standard InChI is InChI=1S/C20H22F2N2O4/c1-2-24(12-15-5-8-17-18(11-15)27-13-26-17)20(25)23-10-9-14-3-6-16(7-4-14)28-19(21)22/h3-8,11,19H,2,9-10,12-13H2,1H3,(H,23,25). The molecule has 0 atom stereocenters. The van der Waals surface area contributed by atoms with Gasteiger partial charge < -0.3 is 24.4 Å². The van der Waals surface area contributed by atoms with E-state index in [9.17, 15) is 13.6 Å². The number of urea groups is 1. The predicted molar refractivity (Wildman–Crippen MR) is 98.8 cm³/mol. The summed E-state index contributed by atoms with van der Waals surface area (Å²) in [5.41, 5.74) is 1.87. The highest BCUT2D eigenvalue weighted by Gasteiger charge is 2.16. The van der Waals surface area contributed by atoms with E-state index in [1.54, 1.807) is 17.0 Å². The van der Waals surface area contributed by atoms with Crippen molar-refractivity contribution < 1.29 is 27.8 Å². The topological polar surface area (TPSA) is 60.0 Å². The monoisotopic (exact) mass is 392 g/mol. The first-order valence-electron chi connectivity index (χ1n) is 9.00. The van der Waals surface area contributed by atoms with Gasteiger partial charge in [0.15, 0.2) is 11.5 Å². The normalized spacial score (nSPS) is 12.1. The van der Waals surface area contributed by atoms with Gasteiger partial charge in [-0.3, -0.25) is 0 Å². The molecule has 2 aromatic rings. The second-order valence-electron chi connectivity index (χ2n) is 6.21. The Morgan fingerprint density at radius 1 is 1.14 bits per heavy atom. The van der Waals surface area contributed by atoms with Gasteiger partial charge in [-0.15, -0.1) is 0 Å². The number of fused-ring (bicyclic) bond motifs is 1. The van der Waals surface area contributed by atoms with E-state index in [0.717, 1.165) is 11.1 Å². The second kappa shape index (κ2) is 9.25. The van der Waals surface area contributed by atoms with Crippen molar-refractivity contribution >= 4 is 6.03 Å². The number of ether oxygens (including phenoxy) is 3. The molecule has 0 aromatic heterocycles. The van der Waals surface area contributed by atoms with Crippen molar-refractivity contribution in [3.63, 3.8) is 0 Å². The zero-order chi connectivity index (χ0) is 19.9. The van der Waals surface area contributed by atoms with Crippen molar-refractivity contribution in [2.45, 2.75) is 26.5 Å². The van der Waals surface area contributed by atoms with E-state index in [1.165, 1.54) is 12.1 Å². The van der Waals surface area contributed by atoms with Gasteiger partial charge in [0.1, 0.15) is 5.75 Å². The van der Waals surface area contributed by atoms with Gasteiger partial charge in [-0.2, -0.15) is 8.78 Å². The van der Waals surface area contributed by atoms with Crippen LogP contribution < -0.4 is 19.5 Å². The van der Waals surface area contributed by atoms with Crippen molar-refractivity contribution in [2.24, 2.45) is 0 Å². The second-order valence-corrected chi connectivity index (χ2v) is 6.21. The third kappa shape index (κ3) is 5.25. The zero-order valence-corrected chi connectivity index (χ0v) is 15.5. The smallest absolute Gasteiger partial charge is 0.387 e. The number of carbonyl (C=O) groups is 1. The molecule has 0 fully saturated rings. The predicted octanol–water partition coefficient (Wildman–Crippen LogP) is 3.79. The lowest BCUT2D eigenvalue weighted by atomic mass is 10.1. The van der Waals surface area contributed by atoms with Crippen molar-refractivity contribution in [3.05, 3.63) is 53.6 Å². The molecule has 6 nitrogen and oxygen atoms in total. The fraction of sp³-hybridized carbons (Fsp3) is 0.350. The Hall–Kier alpha value is -3.03. The number of benzene rings is 2. The van der Waals surface area contributed by atoms with Crippen molar-refractivity contribution in [1.29, 1.82) is 0 Å². The Kier molecular flexibility index (Phi) is 6.52. The Balaban J connectivity index is 1.47. The highest BCUT2D eigenvalue weighted by molar-refractivity contribution is 5.74. The maximum absolute atomic E-state index is 12.4. The van der Waals surface area contributed by atoms with Crippen LogP contribution >= 0.6 is 0 Å². The maximum atomic E-state index is 12.4. The average molecular weight is 392 g/mol. The van der Waals surface area contributed by atoms with Crippen molar-refractivity contribution in [1.82, 2.24) is 10.2 Å². The summed E-state index contributed by atoms with van der Waals surface area (Å²) in [7, 11) is 0. The lowest BCUT2D eigenvalue weighted by molar-refractivity contribution is -0.0498. The van der Waals surface area contributed by atoms with Crippen LogP contribution in [0.4, 0.5) is 13.6 Å². The summed E-state index contributed by atoms with van der Waals surface area (Å²) in [6.45, 7) is 0.736. The Morgan fingerprint density at radius 2 is 1.86 bits per heavy atom. The van der Waals surface area contributed by atoms with E-state index >= 15 is 0 Å². The number of nitrogens with one attached hydrogen (secondary N) is 1. The highest BCUT2D eigenvalue weighted by Crippen LogP contribution is 2.32. The minimum absolute atomic E-state index is 0.115. The molecule has 28 heavy (non-hydrogen) atoms. The lowest BCUT2D eigenvalue weighted by Crippen LogP contribution is -2.40. The molecule has 2 amide bonds. The van der Waals surface area contributed by atoms with Gasteiger partial charge in [0.2, 0.25) is 6.79 Å². The SMILES string of the molecule is CCN(Cc1ccc2c(c1)OCO2)C(=O)NCCc1ccc(OC(F)F)cc1. The van der Waals surface area contributed by atoms with Gasteiger partial charge in [-0.1, -0.05) is 18.2 Å². The summed E-state index contributed by atoms with van der Waals surface area (Å²) in [6, 6.07) is 11.8. The van der Waals surface area contributed by atoms with E-state index < -0.39 is 6.61 Å². The number of hydrogen-bond acceptors (Lipinski definition) is 4. The molecular formula is C20H22F2N2O4. The molecule has 1 heterocycles. The van der Waals surface area contributed by atoms with E-state index in [2.05, 4.69) is 10.1 Å². The number of nitrogens with zero attached hydrogens (tertiary/aromatic N) is 1. The minimum Gasteiger partial charge on any atom is -0.454 e. The van der Waals surface area contributed by atoms with Crippen molar-refractivity contribution in [2.75, 3.05) is 19.9 Å². The van der Waals surface area contributed by atoms with Crippen LogP contribution in [-0.2, 0) is 13.0 Å². The van der Waals surface area contributed by atoms with E-state index in [0.29, 0.717) is 37.6 Å². The average Bonchev–Trinajstić information content (AvgIpc) is 3.14. The molecule has 8 heteroatoms. The van der Waals surface area contributed by atoms with Gasteiger partial charge in [0, 0.05) is 19.6 Å². The molecule has 1 aliphatic rings. The first-order chi connectivity index (χ1) is 13.5. The third-order valence-electron chi connectivity index (χ3n) is 4.32. The molecule has 0 spiro atoms. The first kappa shape index (κ1) is 19.7. The molecule has 0 unspecified atom stereocenters. The molecule has 0 saturated heterocycles. The summed E-state index contributed by atoms with van der Waals surface area (Å²) in [5, 5.41) is 2.88. The van der Waals surface area contributed by atoms with Gasteiger partial charge in [-0.25, -0.2) is 4.79 Å². The molecule has 150 valence electrons. The minimum atomic E-state index is -2.84. The molecule has 0 saturated carbocycles. The van der Waals surface area contributed by atoms with Crippen LogP contribution in [0.15, 0.2) is 42.5 Å². The number of alkyl halides is 2. The van der Waals surface area contributed by atoms with E-state index in [4.69, 9.17) is 9.47 Å². The number of carbonyl (C=O) groups excluding carboxylic acids is 1. The van der Waals surface area contributed by atoms with Crippen LogP contribution in [0.3, 0.4) is 0 Å². The number of amides is 2. The summed E-state index contributed by atoms with van der Waals surface area (Å²) in [6.07, 6.45) is 0.586. The van der Waals surface area contributed by atoms with Crippen LogP contribution in [0.5, 0.6) is 17.2 Å². The molecule has 1 N–H and O–H groups in total. The van der Waals surface area contributed by atoms with E-state index in [-0.39, 0.29) is 18.6 Å². The molecule has 1 aliphatic heterocycles. The maximum Gasteiger partial charge on any atom is 0.387 e. The molecule has 0 bridgehead atoms. The van der Waals surface area contributed by atoms with Gasteiger partial charge in [0.25, 0.3) is 0 Å². The first-order valence-corrected chi connectivity index (χ1v) is 9.00. The molecule has 2 aromatic carbocycles. The summed E-state index contributed by atoms with van der Waals surface area (Å²) in [4.78, 5) is 14.1. The van der Waals surface area contributed by atoms with Gasteiger partial charge in [-0.05, 0) is 48.7 Å². The Morgan fingerprint density at radius 3 is 2.57 bits per heavy atom. The van der Waals surface area contributed by atoms with Gasteiger partial charge >= 0.3 is 12.6 Å². The van der Waals surface area contributed by atoms with Crippen LogP contribution in [0, 0.1) is 0 Å².